The molecule has 5 nitrogen and oxygen atoms in total. The standard InChI is InChI=1S/C19H28N2O3/c1-23-17-6-8-18(9-7-17)24-15-16-5-4-12-21(13-16)19(22)14-20-10-2-3-11-20/h6-9,16H,2-5,10-15H2,1H3. The Morgan fingerprint density at radius 1 is 1.08 bits per heavy atom. The third-order valence-electron chi connectivity index (χ3n) is 4.97. The molecule has 2 aliphatic rings. The molecule has 5 heteroatoms. The van der Waals surface area contributed by atoms with Crippen LogP contribution in [0.5, 0.6) is 11.5 Å². The summed E-state index contributed by atoms with van der Waals surface area (Å²) in [5.41, 5.74) is 0. The number of methoxy groups -OCH3 is 1. The zero-order valence-corrected chi connectivity index (χ0v) is 14.6. The van der Waals surface area contributed by atoms with Gasteiger partial charge in [0.2, 0.25) is 5.91 Å². The molecule has 1 atom stereocenters. The minimum absolute atomic E-state index is 0.283. The smallest absolute Gasteiger partial charge is 0.236 e. The van der Waals surface area contributed by atoms with Crippen molar-refractivity contribution in [2.24, 2.45) is 5.92 Å². The highest BCUT2D eigenvalue weighted by molar-refractivity contribution is 5.78. The first-order valence-corrected chi connectivity index (χ1v) is 9.01. The van der Waals surface area contributed by atoms with Gasteiger partial charge in [-0.05, 0) is 63.0 Å². The predicted octanol–water partition coefficient (Wildman–Crippen LogP) is 2.41. The van der Waals surface area contributed by atoms with E-state index < -0.39 is 0 Å². The lowest BCUT2D eigenvalue weighted by Gasteiger charge is -2.33. The number of piperidine rings is 1. The zero-order chi connectivity index (χ0) is 16.8. The third-order valence-corrected chi connectivity index (χ3v) is 4.97. The lowest BCUT2D eigenvalue weighted by atomic mass is 9.99. The number of hydrogen-bond acceptors (Lipinski definition) is 4. The van der Waals surface area contributed by atoms with Crippen molar-refractivity contribution in [3.05, 3.63) is 24.3 Å². The second-order valence-corrected chi connectivity index (χ2v) is 6.82. The van der Waals surface area contributed by atoms with Crippen molar-refractivity contribution in [1.29, 1.82) is 0 Å². The van der Waals surface area contributed by atoms with Crippen LogP contribution in [0.2, 0.25) is 0 Å². The van der Waals surface area contributed by atoms with E-state index in [1.165, 1.54) is 12.8 Å². The van der Waals surface area contributed by atoms with Gasteiger partial charge in [0.05, 0.1) is 20.3 Å². The van der Waals surface area contributed by atoms with Crippen molar-refractivity contribution < 1.29 is 14.3 Å². The molecule has 0 radical (unpaired) electrons. The average Bonchev–Trinajstić information content (AvgIpc) is 3.13. The molecular weight excluding hydrogens is 304 g/mol. The SMILES string of the molecule is COc1ccc(OCC2CCCN(C(=O)CN3CCCC3)C2)cc1. The maximum absolute atomic E-state index is 12.5. The van der Waals surface area contributed by atoms with Crippen LogP contribution in [-0.4, -0.2) is 62.1 Å². The van der Waals surface area contributed by atoms with Crippen molar-refractivity contribution in [3.63, 3.8) is 0 Å². The molecule has 0 bridgehead atoms. The fourth-order valence-electron chi connectivity index (χ4n) is 3.55. The molecule has 0 aliphatic carbocycles. The van der Waals surface area contributed by atoms with E-state index in [0.29, 0.717) is 19.1 Å². The van der Waals surface area contributed by atoms with Gasteiger partial charge in [-0.15, -0.1) is 0 Å². The summed E-state index contributed by atoms with van der Waals surface area (Å²) in [6, 6.07) is 7.67. The molecule has 0 spiro atoms. The third kappa shape index (κ3) is 4.63. The zero-order valence-electron chi connectivity index (χ0n) is 14.6. The van der Waals surface area contributed by atoms with Crippen LogP contribution < -0.4 is 9.47 Å². The van der Waals surface area contributed by atoms with Crippen molar-refractivity contribution in [2.75, 3.05) is 46.4 Å². The Kier molecular flexibility index (Phi) is 5.96. The highest BCUT2D eigenvalue weighted by atomic mass is 16.5. The Morgan fingerprint density at radius 3 is 2.50 bits per heavy atom. The van der Waals surface area contributed by atoms with E-state index in [0.717, 1.165) is 50.5 Å². The normalized spacial score (nSPS) is 21.7. The Bertz CT molecular complexity index is 526. The number of benzene rings is 1. The quantitative estimate of drug-likeness (QED) is 0.802. The number of likely N-dealkylation sites (tertiary alicyclic amines) is 2. The monoisotopic (exact) mass is 332 g/mol. The molecule has 24 heavy (non-hydrogen) atoms. The molecular formula is C19H28N2O3. The van der Waals surface area contributed by atoms with Gasteiger partial charge in [0, 0.05) is 19.0 Å². The summed E-state index contributed by atoms with van der Waals surface area (Å²) >= 11 is 0. The van der Waals surface area contributed by atoms with Crippen LogP contribution in [0.25, 0.3) is 0 Å². The van der Waals surface area contributed by atoms with Gasteiger partial charge in [-0.25, -0.2) is 0 Å². The van der Waals surface area contributed by atoms with Gasteiger partial charge >= 0.3 is 0 Å². The molecule has 2 heterocycles. The maximum Gasteiger partial charge on any atom is 0.236 e. The lowest BCUT2D eigenvalue weighted by Crippen LogP contribution is -2.45. The number of rotatable bonds is 6. The topological polar surface area (TPSA) is 42.0 Å². The largest absolute Gasteiger partial charge is 0.497 e. The summed E-state index contributed by atoms with van der Waals surface area (Å²) in [5.74, 6) is 2.39. The first-order chi connectivity index (χ1) is 11.7. The van der Waals surface area contributed by atoms with Gasteiger partial charge in [-0.1, -0.05) is 0 Å². The van der Waals surface area contributed by atoms with Crippen LogP contribution in [0.15, 0.2) is 24.3 Å². The second-order valence-electron chi connectivity index (χ2n) is 6.82. The average molecular weight is 332 g/mol. The summed E-state index contributed by atoms with van der Waals surface area (Å²) in [4.78, 5) is 16.8. The number of nitrogens with zero attached hydrogens (tertiary/aromatic N) is 2. The van der Waals surface area contributed by atoms with E-state index in [-0.39, 0.29) is 5.91 Å². The van der Waals surface area contributed by atoms with Crippen LogP contribution >= 0.6 is 0 Å². The number of carbonyl (C=O) groups excluding carboxylic acids is 1. The van der Waals surface area contributed by atoms with E-state index in [1.807, 2.05) is 29.2 Å². The van der Waals surface area contributed by atoms with Crippen LogP contribution in [0.3, 0.4) is 0 Å². The molecule has 1 aromatic rings. The fourth-order valence-corrected chi connectivity index (χ4v) is 3.55. The Balaban J connectivity index is 1.45. The number of ether oxygens (including phenoxy) is 2. The first kappa shape index (κ1) is 17.1. The van der Waals surface area contributed by atoms with Crippen LogP contribution in [-0.2, 0) is 4.79 Å². The van der Waals surface area contributed by atoms with Gasteiger partial charge in [-0.3, -0.25) is 9.69 Å². The van der Waals surface area contributed by atoms with Gasteiger partial charge in [0.25, 0.3) is 0 Å². The van der Waals surface area contributed by atoms with Gasteiger partial charge in [-0.2, -0.15) is 0 Å². The van der Waals surface area contributed by atoms with Gasteiger partial charge in [0.1, 0.15) is 11.5 Å². The van der Waals surface area contributed by atoms with Crippen LogP contribution in [0.4, 0.5) is 0 Å². The van der Waals surface area contributed by atoms with E-state index in [9.17, 15) is 4.79 Å². The molecule has 132 valence electrons. The van der Waals surface area contributed by atoms with Crippen molar-refractivity contribution in [1.82, 2.24) is 9.80 Å². The molecule has 1 amide bonds. The minimum Gasteiger partial charge on any atom is -0.497 e. The predicted molar refractivity (Wildman–Crippen MR) is 93.5 cm³/mol. The van der Waals surface area contributed by atoms with E-state index >= 15 is 0 Å². The second kappa shape index (κ2) is 8.38. The molecule has 0 aromatic heterocycles. The summed E-state index contributed by atoms with van der Waals surface area (Å²) in [6.07, 6.45) is 4.66. The van der Waals surface area contributed by atoms with Crippen molar-refractivity contribution in [2.45, 2.75) is 25.7 Å². The van der Waals surface area contributed by atoms with Crippen LogP contribution in [0.1, 0.15) is 25.7 Å². The number of carbonyl (C=O) groups is 1. The number of hydrogen-bond donors (Lipinski definition) is 0. The highest BCUT2D eigenvalue weighted by Crippen LogP contribution is 2.21. The molecule has 0 N–H and O–H groups in total. The Labute approximate surface area is 144 Å². The molecule has 0 saturated carbocycles. The molecule has 2 saturated heterocycles. The van der Waals surface area contributed by atoms with E-state index in [2.05, 4.69) is 4.90 Å². The van der Waals surface area contributed by atoms with Crippen LogP contribution in [0, 0.1) is 5.92 Å². The summed E-state index contributed by atoms with van der Waals surface area (Å²) < 4.78 is 11.1. The minimum atomic E-state index is 0.283. The molecule has 1 unspecified atom stereocenters. The van der Waals surface area contributed by atoms with Crippen molar-refractivity contribution in [3.8, 4) is 11.5 Å². The summed E-state index contributed by atoms with van der Waals surface area (Å²) in [6.45, 7) is 5.12. The number of amides is 1. The van der Waals surface area contributed by atoms with E-state index in [1.54, 1.807) is 7.11 Å². The maximum atomic E-state index is 12.5. The van der Waals surface area contributed by atoms with Gasteiger partial charge < -0.3 is 14.4 Å². The van der Waals surface area contributed by atoms with E-state index in [4.69, 9.17) is 9.47 Å². The Morgan fingerprint density at radius 2 is 1.79 bits per heavy atom. The molecule has 2 aliphatic heterocycles. The fraction of sp³-hybridized carbons (Fsp3) is 0.632. The first-order valence-electron chi connectivity index (χ1n) is 9.01. The molecule has 1 aromatic carbocycles. The van der Waals surface area contributed by atoms with Gasteiger partial charge in [0.15, 0.2) is 0 Å². The highest BCUT2D eigenvalue weighted by Gasteiger charge is 2.26. The molecule has 3 rings (SSSR count). The summed E-state index contributed by atoms with van der Waals surface area (Å²) in [7, 11) is 1.66. The molecule has 2 fully saturated rings. The lowest BCUT2D eigenvalue weighted by molar-refractivity contribution is -0.134. The van der Waals surface area contributed by atoms with Crippen molar-refractivity contribution >= 4 is 5.91 Å². The Hall–Kier alpha value is -1.75. The summed E-state index contributed by atoms with van der Waals surface area (Å²) in [5, 5.41) is 0.